The number of carbonyl (C=O) groups excluding carboxylic acids is 1. The molecule has 0 unspecified atom stereocenters. The lowest BCUT2D eigenvalue weighted by atomic mass is 9.81. The maximum Gasteiger partial charge on any atom is 0.256 e. The summed E-state index contributed by atoms with van der Waals surface area (Å²) < 4.78 is 3.65. The molecule has 4 heterocycles. The number of aromatic nitrogens is 5. The Bertz CT molecular complexity index is 1280. The van der Waals surface area contributed by atoms with Gasteiger partial charge in [0, 0.05) is 24.2 Å². The second-order valence-corrected chi connectivity index (χ2v) is 8.58. The minimum absolute atomic E-state index is 0.00235. The van der Waals surface area contributed by atoms with Gasteiger partial charge in [0.15, 0.2) is 0 Å². The Kier molecular flexibility index (Phi) is 4.41. The first-order valence-electron chi connectivity index (χ1n) is 11.1. The van der Waals surface area contributed by atoms with Gasteiger partial charge in [0.1, 0.15) is 12.7 Å². The fourth-order valence-electron chi connectivity index (χ4n) is 5.43. The number of nitrogens with zero attached hydrogens (tertiary/aromatic N) is 6. The fraction of sp³-hybridized carbons (Fsp3) is 0.280. The third kappa shape index (κ3) is 2.88. The molecule has 0 N–H and O–H groups in total. The second kappa shape index (κ2) is 7.44. The molecular formula is C25H24N6O. The third-order valence-electron chi connectivity index (χ3n) is 6.76. The van der Waals surface area contributed by atoms with E-state index in [0.717, 1.165) is 37.1 Å². The van der Waals surface area contributed by atoms with Gasteiger partial charge in [-0.15, -0.1) is 0 Å². The minimum atomic E-state index is -0.00235. The van der Waals surface area contributed by atoms with E-state index in [1.807, 2.05) is 42.1 Å². The molecule has 160 valence electrons. The van der Waals surface area contributed by atoms with Crippen LogP contribution in [0, 0.1) is 0 Å². The van der Waals surface area contributed by atoms with Gasteiger partial charge in [0.25, 0.3) is 5.91 Å². The summed E-state index contributed by atoms with van der Waals surface area (Å²) in [7, 11) is 2.01. The van der Waals surface area contributed by atoms with Crippen molar-refractivity contribution in [3.05, 3.63) is 84.1 Å². The molecule has 0 saturated carbocycles. The Hall–Kier alpha value is -3.74. The van der Waals surface area contributed by atoms with Crippen LogP contribution < -0.4 is 0 Å². The zero-order valence-electron chi connectivity index (χ0n) is 17.9. The quantitative estimate of drug-likeness (QED) is 0.499. The normalized spacial score (nSPS) is 19.6. The van der Waals surface area contributed by atoms with E-state index in [1.165, 1.54) is 23.1 Å². The molecule has 2 aromatic carbocycles. The molecule has 0 spiro atoms. The first kappa shape index (κ1) is 19.0. The lowest BCUT2D eigenvalue weighted by Gasteiger charge is -2.45. The molecule has 0 aliphatic carbocycles. The van der Waals surface area contributed by atoms with Crippen molar-refractivity contribution in [1.82, 2.24) is 29.4 Å². The van der Waals surface area contributed by atoms with Gasteiger partial charge in [0.2, 0.25) is 0 Å². The van der Waals surface area contributed by atoms with Crippen molar-refractivity contribution in [2.24, 2.45) is 7.05 Å². The van der Waals surface area contributed by atoms with Gasteiger partial charge in [-0.25, -0.2) is 9.67 Å². The van der Waals surface area contributed by atoms with Crippen molar-refractivity contribution in [3.63, 3.8) is 0 Å². The van der Waals surface area contributed by atoms with Crippen LogP contribution in [0.15, 0.2) is 67.3 Å². The van der Waals surface area contributed by atoms with Gasteiger partial charge < -0.3 is 4.90 Å². The van der Waals surface area contributed by atoms with Crippen LogP contribution in [0.5, 0.6) is 0 Å². The molecule has 7 heteroatoms. The van der Waals surface area contributed by atoms with Crippen molar-refractivity contribution >= 4 is 5.91 Å². The molecule has 0 radical (unpaired) electrons. The molecular weight excluding hydrogens is 400 g/mol. The van der Waals surface area contributed by atoms with Gasteiger partial charge >= 0.3 is 0 Å². The van der Waals surface area contributed by atoms with E-state index in [0.29, 0.717) is 5.56 Å². The highest BCUT2D eigenvalue weighted by Gasteiger charge is 2.43. The molecule has 4 aromatic rings. The summed E-state index contributed by atoms with van der Waals surface area (Å²) in [5.41, 5.74) is 6.10. The number of aryl methyl sites for hydroxylation is 1. The summed E-state index contributed by atoms with van der Waals surface area (Å²) >= 11 is 0. The zero-order chi connectivity index (χ0) is 21.7. The Labute approximate surface area is 186 Å². The zero-order valence-corrected chi connectivity index (χ0v) is 17.9. The highest BCUT2D eigenvalue weighted by Crippen LogP contribution is 2.45. The number of hydrogen-bond donors (Lipinski definition) is 0. The number of amides is 1. The average molecular weight is 425 g/mol. The SMILES string of the molecule is Cn1nc2c(c1-c1ccccc1)C[C@H]1CCC[C@@H]2N1C(=O)c1ccccc1-n1cncn1. The highest BCUT2D eigenvalue weighted by molar-refractivity contribution is 5.98. The van der Waals surface area contributed by atoms with Gasteiger partial charge in [-0.1, -0.05) is 42.5 Å². The summed E-state index contributed by atoms with van der Waals surface area (Å²) in [6, 6.07) is 18.2. The molecule has 1 amide bonds. The Balaban J connectivity index is 1.43. The largest absolute Gasteiger partial charge is 0.327 e. The highest BCUT2D eigenvalue weighted by atomic mass is 16.2. The smallest absolute Gasteiger partial charge is 0.256 e. The monoisotopic (exact) mass is 424 g/mol. The van der Waals surface area contributed by atoms with Crippen molar-refractivity contribution in [1.29, 1.82) is 0 Å². The third-order valence-corrected chi connectivity index (χ3v) is 6.76. The number of rotatable bonds is 3. The number of para-hydroxylation sites is 1. The van der Waals surface area contributed by atoms with Crippen molar-refractivity contribution < 1.29 is 4.79 Å². The number of carbonyl (C=O) groups is 1. The van der Waals surface area contributed by atoms with Gasteiger partial charge in [0.05, 0.1) is 28.7 Å². The Morgan fingerprint density at radius 1 is 1.03 bits per heavy atom. The van der Waals surface area contributed by atoms with E-state index in [1.54, 1.807) is 11.0 Å². The van der Waals surface area contributed by atoms with E-state index in [9.17, 15) is 4.79 Å². The van der Waals surface area contributed by atoms with E-state index in [2.05, 4.69) is 39.2 Å². The molecule has 2 aromatic heterocycles. The van der Waals surface area contributed by atoms with Crippen LogP contribution in [-0.2, 0) is 13.5 Å². The Morgan fingerprint density at radius 2 is 1.84 bits per heavy atom. The summed E-state index contributed by atoms with van der Waals surface area (Å²) in [5.74, 6) is 0.0448. The molecule has 2 bridgehead atoms. The molecule has 6 rings (SSSR count). The van der Waals surface area contributed by atoms with Crippen molar-refractivity contribution in [3.8, 4) is 16.9 Å². The first-order chi connectivity index (χ1) is 15.7. The van der Waals surface area contributed by atoms with Gasteiger partial charge in [-0.2, -0.15) is 10.2 Å². The molecule has 1 fully saturated rings. The Morgan fingerprint density at radius 3 is 2.66 bits per heavy atom. The fourth-order valence-corrected chi connectivity index (χ4v) is 5.43. The molecule has 32 heavy (non-hydrogen) atoms. The van der Waals surface area contributed by atoms with Crippen LogP contribution in [0.1, 0.15) is 46.9 Å². The van der Waals surface area contributed by atoms with Crippen LogP contribution in [-0.4, -0.2) is 41.4 Å². The number of hydrogen-bond acceptors (Lipinski definition) is 4. The minimum Gasteiger partial charge on any atom is -0.327 e. The average Bonchev–Trinajstić information content (AvgIpc) is 3.47. The van der Waals surface area contributed by atoms with E-state index in [-0.39, 0.29) is 18.0 Å². The predicted octanol–water partition coefficient (Wildman–Crippen LogP) is 3.96. The number of benzene rings is 2. The van der Waals surface area contributed by atoms with Crippen molar-refractivity contribution in [2.75, 3.05) is 0 Å². The number of piperidine rings is 1. The molecule has 2 aliphatic heterocycles. The molecule has 2 aliphatic rings. The van der Waals surface area contributed by atoms with Gasteiger partial charge in [-0.05, 0) is 37.8 Å². The predicted molar refractivity (Wildman–Crippen MR) is 120 cm³/mol. The summed E-state index contributed by atoms with van der Waals surface area (Å²) in [4.78, 5) is 20.1. The van der Waals surface area contributed by atoms with E-state index in [4.69, 9.17) is 5.10 Å². The summed E-state index contributed by atoms with van der Waals surface area (Å²) in [6.07, 6.45) is 7.01. The van der Waals surface area contributed by atoms with Crippen LogP contribution >= 0.6 is 0 Å². The molecule has 1 saturated heterocycles. The lowest BCUT2D eigenvalue weighted by molar-refractivity contribution is 0.0392. The standard InChI is InChI=1S/C25H24N6O/c1-29-24(17-8-3-2-4-9-17)20-14-18-10-7-13-22(23(20)28-29)31(18)25(32)19-11-5-6-12-21(19)30-16-26-15-27-30/h2-6,8-9,11-12,15-16,18,22H,7,10,13-14H2,1H3/t18-,22+/m1/s1. The number of fused-ring (bicyclic) bond motifs is 4. The molecule has 2 atom stereocenters. The maximum atomic E-state index is 13.9. The van der Waals surface area contributed by atoms with Crippen LogP contribution in [0.25, 0.3) is 16.9 Å². The summed E-state index contributed by atoms with van der Waals surface area (Å²) in [5, 5.41) is 9.19. The second-order valence-electron chi connectivity index (χ2n) is 8.58. The topological polar surface area (TPSA) is 68.8 Å². The van der Waals surface area contributed by atoms with Gasteiger partial charge in [-0.3, -0.25) is 9.48 Å². The van der Waals surface area contributed by atoms with Crippen LogP contribution in [0.3, 0.4) is 0 Å². The summed E-state index contributed by atoms with van der Waals surface area (Å²) in [6.45, 7) is 0. The van der Waals surface area contributed by atoms with Crippen LogP contribution in [0.4, 0.5) is 0 Å². The first-order valence-corrected chi connectivity index (χ1v) is 11.1. The maximum absolute atomic E-state index is 13.9. The van der Waals surface area contributed by atoms with E-state index >= 15 is 0 Å². The molecule has 7 nitrogen and oxygen atoms in total. The van der Waals surface area contributed by atoms with Crippen LogP contribution in [0.2, 0.25) is 0 Å². The van der Waals surface area contributed by atoms with E-state index < -0.39 is 0 Å². The van der Waals surface area contributed by atoms with Crippen molar-refractivity contribution in [2.45, 2.75) is 37.8 Å². The lowest BCUT2D eigenvalue weighted by Crippen LogP contribution is -2.50.